The lowest BCUT2D eigenvalue weighted by molar-refractivity contribution is 0.0200. The first kappa shape index (κ1) is 21.6. The molecule has 1 aromatic carbocycles. The number of alkyl halides is 1. The van der Waals surface area contributed by atoms with Gasteiger partial charge < -0.3 is 24.4 Å². The van der Waals surface area contributed by atoms with E-state index in [1.54, 1.807) is 7.11 Å². The quantitative estimate of drug-likeness (QED) is 0.687. The third-order valence-corrected chi connectivity index (χ3v) is 6.61. The number of likely N-dealkylation sites (tertiary alicyclic amines) is 1. The zero-order valence-electron chi connectivity index (χ0n) is 19.0. The van der Waals surface area contributed by atoms with Gasteiger partial charge in [0, 0.05) is 43.8 Å². The molecule has 32 heavy (non-hydrogen) atoms. The van der Waals surface area contributed by atoms with Crippen molar-refractivity contribution in [2.45, 2.75) is 50.4 Å². The number of halogens is 1. The SMILES string of the molecule is COCOc1cc(C)ccc1-c1nnc(N[C@@H]2C[C@@H](F)CN(C)C2)c2c1CCOC21CC1. The van der Waals surface area contributed by atoms with E-state index in [9.17, 15) is 4.39 Å². The standard InChI is InChI=1S/C24H31FN4O3/c1-15-4-5-18(20(10-15)31-14-30-3)22-19-6-9-32-24(7-8-24)21(19)23(28-27-22)26-17-11-16(25)12-29(2)13-17/h4-5,10,16-17H,6-9,11-14H2,1-3H3,(H,26,28)/t16-,17-/m1/s1. The first-order valence-corrected chi connectivity index (χ1v) is 11.3. The summed E-state index contributed by atoms with van der Waals surface area (Å²) in [5.74, 6) is 1.47. The van der Waals surface area contributed by atoms with Gasteiger partial charge in [0.15, 0.2) is 12.6 Å². The molecule has 1 saturated heterocycles. The van der Waals surface area contributed by atoms with Crippen LogP contribution in [0.5, 0.6) is 5.75 Å². The van der Waals surface area contributed by atoms with Gasteiger partial charge >= 0.3 is 0 Å². The second-order valence-electron chi connectivity index (χ2n) is 9.29. The van der Waals surface area contributed by atoms with Crippen LogP contribution in [0.25, 0.3) is 11.3 Å². The molecule has 0 amide bonds. The molecule has 3 aliphatic rings. The number of benzene rings is 1. The van der Waals surface area contributed by atoms with Crippen LogP contribution < -0.4 is 10.1 Å². The molecular formula is C24H31FN4O3. The van der Waals surface area contributed by atoms with Gasteiger partial charge in [-0.2, -0.15) is 0 Å². The maximum Gasteiger partial charge on any atom is 0.188 e. The van der Waals surface area contributed by atoms with Crippen LogP contribution in [0.1, 0.15) is 36.0 Å². The van der Waals surface area contributed by atoms with Crippen LogP contribution in [-0.4, -0.2) is 68.0 Å². The highest BCUT2D eigenvalue weighted by Gasteiger charge is 2.52. The van der Waals surface area contributed by atoms with E-state index in [0.717, 1.165) is 65.3 Å². The topological polar surface area (TPSA) is 68.7 Å². The van der Waals surface area contributed by atoms with Crippen molar-refractivity contribution >= 4 is 5.82 Å². The molecule has 1 spiro atoms. The number of hydrogen-bond donors (Lipinski definition) is 1. The normalized spacial score (nSPS) is 24.2. The van der Waals surface area contributed by atoms with Crippen molar-refractivity contribution in [1.29, 1.82) is 0 Å². The minimum atomic E-state index is -0.839. The molecule has 0 unspecified atom stereocenters. The number of piperidine rings is 1. The summed E-state index contributed by atoms with van der Waals surface area (Å²) in [6.07, 6.45) is 2.33. The predicted molar refractivity (Wildman–Crippen MR) is 120 cm³/mol. The lowest BCUT2D eigenvalue weighted by Gasteiger charge is -2.35. The lowest BCUT2D eigenvalue weighted by Crippen LogP contribution is -2.45. The van der Waals surface area contributed by atoms with Crippen molar-refractivity contribution in [1.82, 2.24) is 15.1 Å². The van der Waals surface area contributed by atoms with Crippen molar-refractivity contribution in [2.24, 2.45) is 0 Å². The summed E-state index contributed by atoms with van der Waals surface area (Å²) in [5, 5.41) is 12.8. The third-order valence-electron chi connectivity index (χ3n) is 6.61. The molecule has 1 saturated carbocycles. The first-order valence-electron chi connectivity index (χ1n) is 11.3. The number of ether oxygens (including phenoxy) is 3. The smallest absolute Gasteiger partial charge is 0.188 e. The molecule has 172 valence electrons. The zero-order valence-corrected chi connectivity index (χ0v) is 19.0. The van der Waals surface area contributed by atoms with Gasteiger partial charge in [0.2, 0.25) is 0 Å². The Morgan fingerprint density at radius 2 is 2.12 bits per heavy atom. The van der Waals surface area contributed by atoms with E-state index in [2.05, 4.69) is 21.6 Å². The summed E-state index contributed by atoms with van der Waals surface area (Å²) in [7, 11) is 3.56. The Morgan fingerprint density at radius 1 is 1.28 bits per heavy atom. The number of hydrogen-bond acceptors (Lipinski definition) is 7. The number of anilines is 1. The molecule has 3 heterocycles. The van der Waals surface area contributed by atoms with E-state index in [1.165, 1.54) is 0 Å². The van der Waals surface area contributed by atoms with Gasteiger partial charge in [0.25, 0.3) is 0 Å². The van der Waals surface area contributed by atoms with Gasteiger partial charge in [-0.15, -0.1) is 10.2 Å². The van der Waals surface area contributed by atoms with Crippen molar-refractivity contribution in [2.75, 3.05) is 46.0 Å². The molecule has 2 fully saturated rings. The molecule has 0 radical (unpaired) electrons. The molecule has 2 atom stereocenters. The fourth-order valence-electron chi connectivity index (χ4n) is 5.06. The van der Waals surface area contributed by atoms with Crippen LogP contribution in [0.2, 0.25) is 0 Å². The summed E-state index contributed by atoms with van der Waals surface area (Å²) in [6.45, 7) is 4.11. The monoisotopic (exact) mass is 442 g/mol. The third kappa shape index (κ3) is 4.07. The maximum absolute atomic E-state index is 14.2. The Bertz CT molecular complexity index is 987. The molecule has 1 N–H and O–H groups in total. The molecule has 8 heteroatoms. The van der Waals surface area contributed by atoms with E-state index < -0.39 is 6.17 Å². The number of likely N-dealkylation sites (N-methyl/N-ethyl adjacent to an activating group) is 1. The number of nitrogens with one attached hydrogen (secondary N) is 1. The zero-order chi connectivity index (χ0) is 22.3. The summed E-state index contributed by atoms with van der Waals surface area (Å²) >= 11 is 0. The number of methoxy groups -OCH3 is 1. The van der Waals surface area contributed by atoms with E-state index in [0.29, 0.717) is 19.6 Å². The van der Waals surface area contributed by atoms with Crippen molar-refractivity contribution in [3.63, 3.8) is 0 Å². The van der Waals surface area contributed by atoms with E-state index in [4.69, 9.17) is 14.2 Å². The van der Waals surface area contributed by atoms with Gasteiger partial charge in [-0.25, -0.2) is 4.39 Å². The highest BCUT2D eigenvalue weighted by Crippen LogP contribution is 2.56. The number of fused-ring (bicyclic) bond motifs is 2. The van der Waals surface area contributed by atoms with Crippen LogP contribution >= 0.6 is 0 Å². The largest absolute Gasteiger partial charge is 0.467 e. The summed E-state index contributed by atoms with van der Waals surface area (Å²) in [6, 6.07) is 6.09. The molecule has 0 bridgehead atoms. The Morgan fingerprint density at radius 3 is 2.88 bits per heavy atom. The molecule has 2 aromatic rings. The average molecular weight is 443 g/mol. The van der Waals surface area contributed by atoms with Gasteiger partial charge in [0.05, 0.1) is 12.2 Å². The van der Waals surface area contributed by atoms with Crippen LogP contribution in [0.3, 0.4) is 0 Å². The molecule has 7 nitrogen and oxygen atoms in total. The van der Waals surface area contributed by atoms with E-state index in [1.807, 2.05) is 31.0 Å². The van der Waals surface area contributed by atoms with Gasteiger partial charge in [-0.05, 0) is 56.5 Å². The van der Waals surface area contributed by atoms with Crippen molar-refractivity contribution in [3.8, 4) is 17.0 Å². The first-order chi connectivity index (χ1) is 15.5. The van der Waals surface area contributed by atoms with Crippen molar-refractivity contribution < 1.29 is 18.6 Å². The second-order valence-corrected chi connectivity index (χ2v) is 9.29. The summed E-state index contributed by atoms with van der Waals surface area (Å²) < 4.78 is 31.4. The minimum absolute atomic E-state index is 0.00861. The average Bonchev–Trinajstić information content (AvgIpc) is 3.52. The lowest BCUT2D eigenvalue weighted by atomic mass is 9.91. The number of nitrogens with zero attached hydrogens (tertiary/aromatic N) is 3. The Labute approximate surface area is 188 Å². The molecule has 1 aromatic heterocycles. The van der Waals surface area contributed by atoms with Gasteiger partial charge in [-0.3, -0.25) is 0 Å². The number of aryl methyl sites for hydroxylation is 1. The van der Waals surface area contributed by atoms with Gasteiger partial charge in [-0.1, -0.05) is 6.07 Å². The maximum atomic E-state index is 14.2. The molecule has 2 aliphatic heterocycles. The second kappa shape index (κ2) is 8.57. The fourth-order valence-corrected chi connectivity index (χ4v) is 5.06. The fraction of sp³-hybridized carbons (Fsp3) is 0.583. The highest BCUT2D eigenvalue weighted by atomic mass is 19.1. The summed E-state index contributed by atoms with van der Waals surface area (Å²) in [4.78, 5) is 2.02. The van der Waals surface area contributed by atoms with Crippen LogP contribution in [0, 0.1) is 6.92 Å². The predicted octanol–water partition coefficient (Wildman–Crippen LogP) is 3.45. The Kier molecular flexibility index (Phi) is 5.77. The molecular weight excluding hydrogens is 411 g/mol. The van der Waals surface area contributed by atoms with Crippen LogP contribution in [0.4, 0.5) is 10.2 Å². The number of rotatable bonds is 6. The van der Waals surface area contributed by atoms with E-state index >= 15 is 0 Å². The molecule has 1 aliphatic carbocycles. The van der Waals surface area contributed by atoms with Gasteiger partial charge in [0.1, 0.15) is 17.6 Å². The number of aromatic nitrogens is 2. The Balaban J connectivity index is 1.56. The Hall–Kier alpha value is -2.29. The highest BCUT2D eigenvalue weighted by molar-refractivity contribution is 5.74. The van der Waals surface area contributed by atoms with E-state index in [-0.39, 0.29) is 18.4 Å². The minimum Gasteiger partial charge on any atom is -0.467 e. The van der Waals surface area contributed by atoms with Crippen molar-refractivity contribution in [3.05, 3.63) is 34.9 Å². The molecule has 5 rings (SSSR count). The summed E-state index contributed by atoms with van der Waals surface area (Å²) in [5.41, 5.74) is 4.78. The van der Waals surface area contributed by atoms with Crippen LogP contribution in [0.15, 0.2) is 18.2 Å². The van der Waals surface area contributed by atoms with Crippen LogP contribution in [-0.2, 0) is 21.5 Å².